The van der Waals surface area contributed by atoms with Crippen LogP contribution in [0.3, 0.4) is 0 Å². The molecule has 92 valence electrons. The monoisotopic (exact) mass is 233 g/mol. The smallest absolute Gasteiger partial charge is 0.242 e. The van der Waals surface area contributed by atoms with Gasteiger partial charge in [0.2, 0.25) is 5.91 Å². The molecule has 1 aliphatic rings. The van der Waals surface area contributed by atoms with E-state index in [9.17, 15) is 4.79 Å². The maximum absolute atomic E-state index is 12.2. The summed E-state index contributed by atoms with van der Waals surface area (Å²) >= 11 is 0. The van der Waals surface area contributed by atoms with Gasteiger partial charge < -0.3 is 4.90 Å². The normalized spacial score (nSPS) is 23.8. The lowest BCUT2D eigenvalue weighted by Gasteiger charge is -2.41. The predicted octanol–water partition coefficient (Wildman–Crippen LogP) is 1.18. The quantitative estimate of drug-likeness (QED) is 0.834. The summed E-state index contributed by atoms with van der Waals surface area (Å²) in [6, 6.07) is 4.22. The van der Waals surface area contributed by atoms with Crippen LogP contribution in [0.1, 0.15) is 26.3 Å². The summed E-state index contributed by atoms with van der Waals surface area (Å²) in [5.41, 5.74) is 0.602. The summed E-state index contributed by atoms with van der Waals surface area (Å²) in [7, 11) is 0. The van der Waals surface area contributed by atoms with Crippen LogP contribution in [-0.4, -0.2) is 33.9 Å². The van der Waals surface area contributed by atoms with Crippen molar-refractivity contribution in [2.75, 3.05) is 6.54 Å². The Bertz CT molecular complexity index is 402. The topological polar surface area (TPSA) is 45.2 Å². The summed E-state index contributed by atoms with van der Waals surface area (Å²) in [6.45, 7) is 7.35. The van der Waals surface area contributed by atoms with E-state index in [4.69, 9.17) is 0 Å². The van der Waals surface area contributed by atoms with Crippen molar-refractivity contribution in [2.24, 2.45) is 0 Å². The molecule has 0 spiro atoms. The molecule has 1 aromatic heterocycles. The third-order valence-corrected chi connectivity index (χ3v) is 3.02. The van der Waals surface area contributed by atoms with Crippen LogP contribution < -0.4 is 5.32 Å². The SMILES string of the molecule is CC1CN(Cc2cccnc2)C(=O)C(C)(C)N1. The largest absolute Gasteiger partial charge is 0.335 e. The molecule has 0 radical (unpaired) electrons. The lowest BCUT2D eigenvalue weighted by Crippen LogP contribution is -2.64. The number of hydrogen-bond acceptors (Lipinski definition) is 3. The van der Waals surface area contributed by atoms with Gasteiger partial charge in [-0.3, -0.25) is 15.1 Å². The zero-order valence-corrected chi connectivity index (χ0v) is 10.6. The molecule has 2 rings (SSSR count). The van der Waals surface area contributed by atoms with E-state index in [-0.39, 0.29) is 5.91 Å². The van der Waals surface area contributed by atoms with Crippen molar-refractivity contribution in [3.05, 3.63) is 30.1 Å². The van der Waals surface area contributed by atoms with Gasteiger partial charge in [0, 0.05) is 31.5 Å². The number of nitrogens with zero attached hydrogens (tertiary/aromatic N) is 2. The molecular weight excluding hydrogens is 214 g/mol. The third kappa shape index (κ3) is 2.64. The molecule has 17 heavy (non-hydrogen) atoms. The van der Waals surface area contributed by atoms with Crippen molar-refractivity contribution >= 4 is 5.91 Å². The van der Waals surface area contributed by atoms with Gasteiger partial charge in [0.1, 0.15) is 0 Å². The molecule has 4 nitrogen and oxygen atoms in total. The van der Waals surface area contributed by atoms with E-state index >= 15 is 0 Å². The molecule has 1 saturated heterocycles. The van der Waals surface area contributed by atoms with E-state index in [1.54, 1.807) is 6.20 Å². The first-order chi connectivity index (χ1) is 7.99. The number of carbonyl (C=O) groups excluding carboxylic acids is 1. The van der Waals surface area contributed by atoms with Crippen LogP contribution in [0.2, 0.25) is 0 Å². The first kappa shape index (κ1) is 12.0. The Kier molecular flexibility index (Phi) is 3.15. The minimum Gasteiger partial charge on any atom is -0.335 e. The summed E-state index contributed by atoms with van der Waals surface area (Å²) in [4.78, 5) is 18.2. The maximum Gasteiger partial charge on any atom is 0.242 e. The zero-order chi connectivity index (χ0) is 12.5. The zero-order valence-electron chi connectivity index (χ0n) is 10.6. The van der Waals surface area contributed by atoms with Crippen LogP contribution in [0.5, 0.6) is 0 Å². The number of rotatable bonds is 2. The van der Waals surface area contributed by atoms with Gasteiger partial charge in [0.05, 0.1) is 5.54 Å². The molecule has 1 amide bonds. The Labute approximate surface area is 102 Å². The molecule has 1 atom stereocenters. The Hall–Kier alpha value is -1.42. The van der Waals surface area contributed by atoms with Gasteiger partial charge in [0.25, 0.3) is 0 Å². The summed E-state index contributed by atoms with van der Waals surface area (Å²) in [6.07, 6.45) is 3.56. The molecule has 0 aliphatic carbocycles. The summed E-state index contributed by atoms with van der Waals surface area (Å²) in [5.74, 6) is 0.152. The average molecular weight is 233 g/mol. The molecule has 0 bridgehead atoms. The fourth-order valence-corrected chi connectivity index (χ4v) is 2.38. The highest BCUT2D eigenvalue weighted by Gasteiger charge is 2.37. The Morgan fingerprint density at radius 2 is 2.35 bits per heavy atom. The van der Waals surface area contributed by atoms with Gasteiger partial charge in [-0.1, -0.05) is 6.07 Å². The van der Waals surface area contributed by atoms with Gasteiger partial charge >= 0.3 is 0 Å². The van der Waals surface area contributed by atoms with Gasteiger partial charge in [-0.25, -0.2) is 0 Å². The number of pyridine rings is 1. The molecule has 4 heteroatoms. The molecule has 1 N–H and O–H groups in total. The van der Waals surface area contributed by atoms with Crippen molar-refractivity contribution in [1.29, 1.82) is 0 Å². The van der Waals surface area contributed by atoms with Crippen molar-refractivity contribution < 1.29 is 4.79 Å². The van der Waals surface area contributed by atoms with Crippen molar-refractivity contribution in [2.45, 2.75) is 38.9 Å². The lowest BCUT2D eigenvalue weighted by molar-refractivity contribution is -0.141. The minimum absolute atomic E-state index is 0.152. The molecule has 0 saturated carbocycles. The van der Waals surface area contributed by atoms with E-state index in [0.717, 1.165) is 12.1 Å². The van der Waals surface area contributed by atoms with E-state index in [1.165, 1.54) is 0 Å². The number of nitrogens with one attached hydrogen (secondary N) is 1. The Morgan fingerprint density at radius 1 is 1.59 bits per heavy atom. The fraction of sp³-hybridized carbons (Fsp3) is 0.538. The molecule has 1 aliphatic heterocycles. The van der Waals surface area contributed by atoms with Crippen molar-refractivity contribution in [3.8, 4) is 0 Å². The second kappa shape index (κ2) is 4.45. The lowest BCUT2D eigenvalue weighted by atomic mass is 9.97. The first-order valence-electron chi connectivity index (χ1n) is 5.95. The third-order valence-electron chi connectivity index (χ3n) is 3.02. The number of carbonyl (C=O) groups is 1. The summed E-state index contributed by atoms with van der Waals surface area (Å²) in [5, 5.41) is 3.31. The van der Waals surface area contributed by atoms with E-state index < -0.39 is 5.54 Å². The highest BCUT2D eigenvalue weighted by atomic mass is 16.2. The molecular formula is C13H19N3O. The fourth-order valence-electron chi connectivity index (χ4n) is 2.38. The highest BCUT2D eigenvalue weighted by Crippen LogP contribution is 2.17. The van der Waals surface area contributed by atoms with Gasteiger partial charge in [-0.05, 0) is 32.4 Å². The van der Waals surface area contributed by atoms with Crippen LogP contribution in [0.25, 0.3) is 0 Å². The standard InChI is InChI=1S/C13H19N3O/c1-10-8-16(12(17)13(2,3)15-10)9-11-5-4-6-14-7-11/h4-7,10,15H,8-9H2,1-3H3. The number of amides is 1. The maximum atomic E-state index is 12.2. The average Bonchev–Trinajstić information content (AvgIpc) is 2.26. The Balaban J connectivity index is 2.13. The number of aromatic nitrogens is 1. The predicted molar refractivity (Wildman–Crippen MR) is 66.3 cm³/mol. The highest BCUT2D eigenvalue weighted by molar-refractivity contribution is 5.86. The molecule has 0 aromatic carbocycles. The molecule has 2 heterocycles. The van der Waals surface area contributed by atoms with E-state index in [2.05, 4.69) is 17.2 Å². The second-order valence-corrected chi connectivity index (χ2v) is 5.22. The van der Waals surface area contributed by atoms with Gasteiger partial charge in [0.15, 0.2) is 0 Å². The van der Waals surface area contributed by atoms with Crippen LogP contribution in [0, 0.1) is 0 Å². The van der Waals surface area contributed by atoms with Crippen LogP contribution in [-0.2, 0) is 11.3 Å². The second-order valence-electron chi connectivity index (χ2n) is 5.22. The van der Waals surface area contributed by atoms with Crippen LogP contribution in [0.15, 0.2) is 24.5 Å². The van der Waals surface area contributed by atoms with Gasteiger partial charge in [-0.15, -0.1) is 0 Å². The van der Waals surface area contributed by atoms with Crippen LogP contribution >= 0.6 is 0 Å². The van der Waals surface area contributed by atoms with E-state index in [0.29, 0.717) is 12.6 Å². The number of hydrogen-bond donors (Lipinski definition) is 1. The molecule has 1 aromatic rings. The van der Waals surface area contributed by atoms with Gasteiger partial charge in [-0.2, -0.15) is 0 Å². The van der Waals surface area contributed by atoms with Crippen molar-refractivity contribution in [1.82, 2.24) is 15.2 Å². The summed E-state index contributed by atoms with van der Waals surface area (Å²) < 4.78 is 0. The van der Waals surface area contributed by atoms with E-state index in [1.807, 2.05) is 37.1 Å². The number of piperazine rings is 1. The van der Waals surface area contributed by atoms with Crippen molar-refractivity contribution in [3.63, 3.8) is 0 Å². The molecule has 1 unspecified atom stereocenters. The first-order valence-corrected chi connectivity index (χ1v) is 5.95. The minimum atomic E-state index is -0.472. The van der Waals surface area contributed by atoms with Crippen LogP contribution in [0.4, 0.5) is 0 Å². The molecule has 1 fully saturated rings. The Morgan fingerprint density at radius 3 is 3.00 bits per heavy atom.